The van der Waals surface area contributed by atoms with E-state index in [4.69, 9.17) is 15.2 Å². The van der Waals surface area contributed by atoms with Gasteiger partial charge in [-0.25, -0.2) is 0 Å². The molecule has 1 amide bonds. The number of benzene rings is 3. The van der Waals surface area contributed by atoms with Crippen molar-refractivity contribution in [3.05, 3.63) is 87.7 Å². The number of methoxy groups -OCH3 is 2. The molecule has 1 heterocycles. The number of hydrogen-bond acceptors (Lipinski definition) is 5. The molecule has 0 aliphatic heterocycles. The van der Waals surface area contributed by atoms with Gasteiger partial charge < -0.3 is 15.2 Å². The fourth-order valence-corrected chi connectivity index (χ4v) is 4.56. The third-order valence-electron chi connectivity index (χ3n) is 5.89. The highest BCUT2D eigenvalue weighted by molar-refractivity contribution is 6.27. The number of nitrogens with two attached hydrogens (primary N) is 1. The Bertz CT molecular complexity index is 1530. The van der Waals surface area contributed by atoms with Crippen molar-refractivity contribution < 1.29 is 19.1 Å². The normalized spacial score (nSPS) is 11.9. The predicted octanol–water partition coefficient (Wildman–Crippen LogP) is 3.25. The van der Waals surface area contributed by atoms with Crippen molar-refractivity contribution in [2.45, 2.75) is 6.42 Å². The number of amides is 1. The van der Waals surface area contributed by atoms with Crippen molar-refractivity contribution >= 4 is 22.5 Å². The highest BCUT2D eigenvalue weighted by atomic mass is 16.5. The molecular formula is C26H20N2O5. The summed E-state index contributed by atoms with van der Waals surface area (Å²) in [6.45, 7) is 0. The molecule has 0 saturated heterocycles. The van der Waals surface area contributed by atoms with Gasteiger partial charge in [0.25, 0.3) is 5.56 Å². The summed E-state index contributed by atoms with van der Waals surface area (Å²) >= 11 is 0. The molecular weight excluding hydrogens is 420 g/mol. The van der Waals surface area contributed by atoms with Crippen molar-refractivity contribution in [1.82, 2.24) is 4.57 Å². The van der Waals surface area contributed by atoms with Gasteiger partial charge in [-0.2, -0.15) is 0 Å². The number of fused-ring (bicyclic) bond motifs is 5. The van der Waals surface area contributed by atoms with Gasteiger partial charge in [-0.05, 0) is 29.8 Å². The zero-order valence-electron chi connectivity index (χ0n) is 18.0. The number of primary amides is 1. The molecule has 1 aliphatic rings. The van der Waals surface area contributed by atoms with Gasteiger partial charge in [-0.15, -0.1) is 0 Å². The molecule has 0 bridgehead atoms. The van der Waals surface area contributed by atoms with Crippen LogP contribution in [-0.4, -0.2) is 30.5 Å². The fourth-order valence-electron chi connectivity index (χ4n) is 4.56. The van der Waals surface area contributed by atoms with Crippen molar-refractivity contribution in [1.29, 1.82) is 0 Å². The lowest BCUT2D eigenvalue weighted by atomic mass is 10.0. The molecule has 5 rings (SSSR count). The van der Waals surface area contributed by atoms with Crippen LogP contribution >= 0.6 is 0 Å². The summed E-state index contributed by atoms with van der Waals surface area (Å²) < 4.78 is 12.5. The largest absolute Gasteiger partial charge is 0.493 e. The van der Waals surface area contributed by atoms with E-state index >= 15 is 0 Å². The van der Waals surface area contributed by atoms with E-state index in [1.165, 1.54) is 18.8 Å². The van der Waals surface area contributed by atoms with E-state index in [1.54, 1.807) is 48.5 Å². The number of ketones is 1. The molecule has 1 aliphatic carbocycles. The maximum absolute atomic E-state index is 14.0. The van der Waals surface area contributed by atoms with Gasteiger partial charge in [0.15, 0.2) is 17.3 Å². The van der Waals surface area contributed by atoms with Crippen LogP contribution in [0.25, 0.3) is 27.7 Å². The van der Waals surface area contributed by atoms with Crippen LogP contribution in [0.3, 0.4) is 0 Å². The third kappa shape index (κ3) is 3.01. The summed E-state index contributed by atoms with van der Waals surface area (Å²) in [5.74, 6) is 0.00247. The number of hydrogen-bond donors (Lipinski definition) is 1. The number of carbonyl (C=O) groups excluding carboxylic acids is 2. The van der Waals surface area contributed by atoms with Crippen molar-refractivity contribution in [3.8, 4) is 28.4 Å². The first-order chi connectivity index (χ1) is 16.0. The van der Waals surface area contributed by atoms with Gasteiger partial charge in [0.1, 0.15) is 0 Å². The topological polar surface area (TPSA) is 101 Å². The number of nitrogens with zero attached hydrogens (tertiary/aromatic N) is 1. The molecule has 164 valence electrons. The number of aromatic nitrogens is 1. The highest BCUT2D eigenvalue weighted by Crippen LogP contribution is 2.43. The molecule has 0 atom stereocenters. The average molecular weight is 440 g/mol. The monoisotopic (exact) mass is 440 g/mol. The summed E-state index contributed by atoms with van der Waals surface area (Å²) in [5, 5.41) is 0.746. The summed E-state index contributed by atoms with van der Waals surface area (Å²) in [6.07, 6.45) is 0.0328. The Morgan fingerprint density at radius 3 is 2.39 bits per heavy atom. The van der Waals surface area contributed by atoms with Gasteiger partial charge in [-0.1, -0.05) is 36.4 Å². The first-order valence-corrected chi connectivity index (χ1v) is 10.3. The second kappa shape index (κ2) is 7.63. The first-order valence-electron chi connectivity index (χ1n) is 10.3. The third-order valence-corrected chi connectivity index (χ3v) is 5.89. The molecule has 0 radical (unpaired) electrons. The Kier molecular flexibility index (Phi) is 4.74. The fraction of sp³-hybridized carbons (Fsp3) is 0.115. The lowest BCUT2D eigenvalue weighted by molar-refractivity contribution is -0.117. The van der Waals surface area contributed by atoms with Crippen LogP contribution < -0.4 is 20.8 Å². The minimum atomic E-state index is -0.477. The van der Waals surface area contributed by atoms with E-state index in [-0.39, 0.29) is 28.9 Å². The van der Waals surface area contributed by atoms with Gasteiger partial charge in [0.05, 0.1) is 37.3 Å². The van der Waals surface area contributed by atoms with E-state index in [0.717, 1.165) is 0 Å². The molecule has 0 saturated carbocycles. The molecule has 4 aromatic rings. The molecule has 0 unspecified atom stereocenters. The summed E-state index contributed by atoms with van der Waals surface area (Å²) in [6, 6.07) is 17.6. The first kappa shape index (κ1) is 20.5. The van der Waals surface area contributed by atoms with Crippen LogP contribution in [0.5, 0.6) is 11.5 Å². The smallest absolute Gasteiger partial charge is 0.267 e. The Balaban J connectivity index is 1.97. The van der Waals surface area contributed by atoms with Crippen LogP contribution in [-0.2, 0) is 11.2 Å². The number of rotatable bonds is 5. The zero-order valence-corrected chi connectivity index (χ0v) is 18.0. The Labute approximate surface area is 189 Å². The molecule has 7 heteroatoms. The van der Waals surface area contributed by atoms with Gasteiger partial charge in [-0.3, -0.25) is 19.0 Å². The Morgan fingerprint density at radius 1 is 0.939 bits per heavy atom. The van der Waals surface area contributed by atoms with Crippen LogP contribution in [0, 0.1) is 0 Å². The van der Waals surface area contributed by atoms with Crippen LogP contribution in [0.15, 0.2) is 65.5 Å². The van der Waals surface area contributed by atoms with Gasteiger partial charge in [0.2, 0.25) is 5.91 Å². The number of carbonyl (C=O) groups is 2. The molecule has 7 nitrogen and oxygen atoms in total. The Morgan fingerprint density at radius 2 is 1.70 bits per heavy atom. The molecule has 1 aromatic heterocycles. The minimum Gasteiger partial charge on any atom is -0.493 e. The Hall–Kier alpha value is -4.39. The predicted molar refractivity (Wildman–Crippen MR) is 124 cm³/mol. The van der Waals surface area contributed by atoms with Crippen molar-refractivity contribution in [2.24, 2.45) is 5.73 Å². The number of ether oxygens (including phenoxy) is 2. The molecule has 2 N–H and O–H groups in total. The summed E-state index contributed by atoms with van der Waals surface area (Å²) in [7, 11) is 2.95. The van der Waals surface area contributed by atoms with E-state index < -0.39 is 5.91 Å². The summed E-state index contributed by atoms with van der Waals surface area (Å²) in [5.41, 5.74) is 8.33. The van der Waals surface area contributed by atoms with Crippen molar-refractivity contribution in [2.75, 3.05) is 14.2 Å². The SMILES string of the molecule is COc1ccc2c3c(n(-c4cccc(CC(N)=O)c4)c(=O)c2c1OC)-c1ccccc1C3=O. The minimum absolute atomic E-state index is 0.0328. The van der Waals surface area contributed by atoms with E-state index in [0.29, 0.717) is 44.8 Å². The van der Waals surface area contributed by atoms with E-state index in [1.807, 2.05) is 12.1 Å². The highest BCUT2D eigenvalue weighted by Gasteiger charge is 2.34. The maximum atomic E-state index is 14.0. The second-order valence-electron chi connectivity index (χ2n) is 7.78. The molecule has 0 spiro atoms. The second-order valence-corrected chi connectivity index (χ2v) is 7.78. The summed E-state index contributed by atoms with van der Waals surface area (Å²) in [4.78, 5) is 39.0. The van der Waals surface area contributed by atoms with Gasteiger partial charge >= 0.3 is 0 Å². The van der Waals surface area contributed by atoms with Crippen molar-refractivity contribution in [3.63, 3.8) is 0 Å². The van der Waals surface area contributed by atoms with Gasteiger partial charge in [0, 0.05) is 22.2 Å². The van der Waals surface area contributed by atoms with E-state index in [9.17, 15) is 14.4 Å². The van der Waals surface area contributed by atoms with Crippen LogP contribution in [0.2, 0.25) is 0 Å². The zero-order chi connectivity index (χ0) is 23.3. The standard InChI is InChI=1S/C26H20N2O5/c1-32-19-11-10-18-21-23(16-8-3-4-9-17(16)24(21)30)28(26(31)22(18)25(19)33-2)15-7-5-6-14(12-15)13-20(27)29/h3-12H,13H2,1-2H3,(H2,27,29). The molecule has 33 heavy (non-hydrogen) atoms. The van der Waals surface area contributed by atoms with Crippen LogP contribution in [0.1, 0.15) is 21.5 Å². The van der Waals surface area contributed by atoms with Crippen LogP contribution in [0.4, 0.5) is 0 Å². The molecule has 3 aromatic carbocycles. The number of pyridine rings is 1. The quantitative estimate of drug-likeness (QED) is 0.452. The lowest BCUT2D eigenvalue weighted by Crippen LogP contribution is -2.23. The van der Waals surface area contributed by atoms with E-state index in [2.05, 4.69) is 0 Å². The molecule has 0 fully saturated rings. The average Bonchev–Trinajstić information content (AvgIpc) is 3.10. The lowest BCUT2D eigenvalue weighted by Gasteiger charge is -2.18. The maximum Gasteiger partial charge on any atom is 0.267 e.